The second-order valence-corrected chi connectivity index (χ2v) is 5.82. The third-order valence-corrected chi connectivity index (χ3v) is 3.89. The molecule has 0 spiro atoms. The van der Waals surface area contributed by atoms with Gasteiger partial charge in [-0.1, -0.05) is 74.7 Å². The molecule has 0 radical (unpaired) electrons. The molecule has 118 valence electrons. The first kappa shape index (κ1) is 16.8. The summed E-state index contributed by atoms with van der Waals surface area (Å²) in [6, 6.07) is 15.1. The van der Waals surface area contributed by atoms with Gasteiger partial charge in [-0.05, 0) is 41.7 Å². The average molecular weight is 296 g/mol. The highest BCUT2D eigenvalue weighted by Crippen LogP contribution is 2.16. The molecule has 2 aromatic carbocycles. The van der Waals surface area contributed by atoms with Crippen molar-refractivity contribution < 1.29 is 4.74 Å². The summed E-state index contributed by atoms with van der Waals surface area (Å²) in [5.41, 5.74) is 1.28. The summed E-state index contributed by atoms with van der Waals surface area (Å²) < 4.78 is 5.66. The lowest BCUT2D eigenvalue weighted by Crippen LogP contribution is -1.96. The third-order valence-electron chi connectivity index (χ3n) is 3.89. The lowest BCUT2D eigenvalue weighted by Gasteiger charge is -2.02. The minimum absolute atomic E-state index is 0.883. The van der Waals surface area contributed by atoms with Crippen molar-refractivity contribution in [2.75, 3.05) is 13.2 Å². The predicted molar refractivity (Wildman–Crippen MR) is 97.2 cm³/mol. The molecule has 0 aliphatic rings. The normalized spacial score (nSPS) is 11.5. The number of fused-ring (bicyclic) bond motifs is 1. The Morgan fingerprint density at radius 1 is 0.864 bits per heavy atom. The van der Waals surface area contributed by atoms with E-state index in [9.17, 15) is 0 Å². The number of hydrogen-bond donors (Lipinski definition) is 0. The van der Waals surface area contributed by atoms with Crippen molar-refractivity contribution in [3.63, 3.8) is 0 Å². The molecule has 2 rings (SSSR count). The van der Waals surface area contributed by atoms with E-state index in [2.05, 4.69) is 61.5 Å². The Hall–Kier alpha value is -1.60. The number of unbranched alkanes of at least 4 members (excludes halogenated alkanes) is 4. The van der Waals surface area contributed by atoms with Crippen LogP contribution in [-0.2, 0) is 4.74 Å². The first-order valence-electron chi connectivity index (χ1n) is 8.63. The molecule has 0 saturated heterocycles. The maximum atomic E-state index is 5.66. The van der Waals surface area contributed by atoms with Gasteiger partial charge >= 0.3 is 0 Å². The van der Waals surface area contributed by atoms with Crippen molar-refractivity contribution >= 4 is 16.8 Å². The minimum Gasteiger partial charge on any atom is -0.381 e. The molecule has 0 aliphatic heterocycles. The highest BCUT2D eigenvalue weighted by atomic mass is 16.5. The maximum absolute atomic E-state index is 5.66. The molecular formula is C21H28O. The molecule has 0 atom stereocenters. The van der Waals surface area contributed by atoms with Crippen LogP contribution in [0.2, 0.25) is 0 Å². The standard InChI is InChI=1S/C21H28O/c1-2-3-4-9-16-22-17-10-5-6-11-19-14-15-20-12-7-8-13-21(20)18-19/h6-8,11-15,18H,2-5,9-10,16-17H2,1H3. The third kappa shape index (κ3) is 6.03. The number of benzene rings is 2. The molecule has 0 bridgehead atoms. The van der Waals surface area contributed by atoms with E-state index in [4.69, 9.17) is 4.74 Å². The maximum Gasteiger partial charge on any atom is 0.0468 e. The van der Waals surface area contributed by atoms with Gasteiger partial charge in [0.25, 0.3) is 0 Å². The van der Waals surface area contributed by atoms with E-state index in [1.807, 2.05) is 0 Å². The van der Waals surface area contributed by atoms with Crippen LogP contribution in [0.4, 0.5) is 0 Å². The fraction of sp³-hybridized carbons (Fsp3) is 0.429. The molecular weight excluding hydrogens is 268 g/mol. The topological polar surface area (TPSA) is 9.23 Å². The van der Waals surface area contributed by atoms with Gasteiger partial charge < -0.3 is 4.74 Å². The van der Waals surface area contributed by atoms with Crippen LogP contribution in [-0.4, -0.2) is 13.2 Å². The molecule has 0 amide bonds. The summed E-state index contributed by atoms with van der Waals surface area (Å²) in [7, 11) is 0. The first-order chi connectivity index (χ1) is 10.9. The van der Waals surface area contributed by atoms with E-state index in [-0.39, 0.29) is 0 Å². The van der Waals surface area contributed by atoms with E-state index in [0.717, 1.165) is 26.1 Å². The van der Waals surface area contributed by atoms with E-state index < -0.39 is 0 Å². The Labute approximate surface area is 135 Å². The summed E-state index contributed by atoms with van der Waals surface area (Å²) in [6.07, 6.45) is 11.8. The van der Waals surface area contributed by atoms with Gasteiger partial charge in [-0.2, -0.15) is 0 Å². The molecule has 0 heterocycles. The van der Waals surface area contributed by atoms with Crippen LogP contribution in [0.1, 0.15) is 51.0 Å². The van der Waals surface area contributed by atoms with Gasteiger partial charge in [0, 0.05) is 13.2 Å². The smallest absolute Gasteiger partial charge is 0.0468 e. The first-order valence-corrected chi connectivity index (χ1v) is 8.63. The van der Waals surface area contributed by atoms with Gasteiger partial charge in [-0.3, -0.25) is 0 Å². The Kier molecular flexibility index (Phi) is 7.76. The number of rotatable bonds is 10. The van der Waals surface area contributed by atoms with Gasteiger partial charge in [0.15, 0.2) is 0 Å². The molecule has 0 aliphatic carbocycles. The molecule has 1 nitrogen and oxygen atoms in total. The monoisotopic (exact) mass is 296 g/mol. The molecule has 0 aromatic heterocycles. The summed E-state index contributed by atoms with van der Waals surface area (Å²) in [4.78, 5) is 0. The predicted octanol–water partition coefficient (Wildman–Crippen LogP) is 6.23. The van der Waals surface area contributed by atoms with E-state index in [1.165, 1.54) is 42.0 Å². The number of allylic oxidation sites excluding steroid dienone is 1. The highest BCUT2D eigenvalue weighted by molar-refractivity contribution is 5.84. The van der Waals surface area contributed by atoms with E-state index in [1.54, 1.807) is 0 Å². The van der Waals surface area contributed by atoms with Gasteiger partial charge in [0.05, 0.1) is 0 Å². The van der Waals surface area contributed by atoms with Crippen LogP contribution in [0.15, 0.2) is 48.5 Å². The lowest BCUT2D eigenvalue weighted by molar-refractivity contribution is 0.128. The van der Waals surface area contributed by atoms with Crippen molar-refractivity contribution in [2.45, 2.75) is 45.4 Å². The van der Waals surface area contributed by atoms with Gasteiger partial charge in [-0.25, -0.2) is 0 Å². The van der Waals surface area contributed by atoms with Gasteiger partial charge in [0.1, 0.15) is 0 Å². The van der Waals surface area contributed by atoms with Crippen molar-refractivity contribution in [1.82, 2.24) is 0 Å². The second kappa shape index (κ2) is 10.2. The highest BCUT2D eigenvalue weighted by Gasteiger charge is 1.93. The molecule has 0 N–H and O–H groups in total. The summed E-state index contributed by atoms with van der Waals surface area (Å²) in [6.45, 7) is 4.05. The summed E-state index contributed by atoms with van der Waals surface area (Å²) in [5.74, 6) is 0. The molecule has 0 saturated carbocycles. The van der Waals surface area contributed by atoms with Gasteiger partial charge in [0.2, 0.25) is 0 Å². The molecule has 22 heavy (non-hydrogen) atoms. The van der Waals surface area contributed by atoms with Crippen molar-refractivity contribution in [3.05, 3.63) is 54.1 Å². The Morgan fingerprint density at radius 2 is 1.68 bits per heavy atom. The van der Waals surface area contributed by atoms with E-state index in [0.29, 0.717) is 0 Å². The quantitative estimate of drug-likeness (QED) is 0.472. The van der Waals surface area contributed by atoms with Crippen molar-refractivity contribution in [1.29, 1.82) is 0 Å². The Morgan fingerprint density at radius 3 is 2.55 bits per heavy atom. The zero-order valence-corrected chi connectivity index (χ0v) is 13.8. The van der Waals surface area contributed by atoms with Crippen LogP contribution in [0.5, 0.6) is 0 Å². The fourth-order valence-electron chi connectivity index (χ4n) is 2.57. The zero-order valence-electron chi connectivity index (χ0n) is 13.8. The number of hydrogen-bond acceptors (Lipinski definition) is 1. The molecule has 0 unspecified atom stereocenters. The SMILES string of the molecule is CCCCCCOCCCC=Cc1ccc2ccccc2c1. The largest absolute Gasteiger partial charge is 0.381 e. The zero-order chi connectivity index (χ0) is 15.5. The number of ether oxygens (including phenoxy) is 1. The molecule has 0 fully saturated rings. The van der Waals surface area contributed by atoms with Crippen LogP contribution in [0.25, 0.3) is 16.8 Å². The second-order valence-electron chi connectivity index (χ2n) is 5.82. The molecule has 1 heteroatoms. The molecule has 2 aromatic rings. The fourth-order valence-corrected chi connectivity index (χ4v) is 2.57. The van der Waals surface area contributed by atoms with Gasteiger partial charge in [-0.15, -0.1) is 0 Å². The van der Waals surface area contributed by atoms with E-state index >= 15 is 0 Å². The minimum atomic E-state index is 0.883. The van der Waals surface area contributed by atoms with Crippen molar-refractivity contribution in [3.8, 4) is 0 Å². The summed E-state index contributed by atoms with van der Waals surface area (Å²) in [5, 5.41) is 2.61. The lowest BCUT2D eigenvalue weighted by atomic mass is 10.1. The Bertz CT molecular complexity index is 571. The van der Waals surface area contributed by atoms with Crippen LogP contribution < -0.4 is 0 Å². The van der Waals surface area contributed by atoms with Crippen LogP contribution >= 0.6 is 0 Å². The van der Waals surface area contributed by atoms with Crippen LogP contribution in [0, 0.1) is 0 Å². The van der Waals surface area contributed by atoms with Crippen molar-refractivity contribution in [2.24, 2.45) is 0 Å². The summed E-state index contributed by atoms with van der Waals surface area (Å²) >= 11 is 0. The average Bonchev–Trinajstić information content (AvgIpc) is 2.56. The Balaban J connectivity index is 1.62. The van der Waals surface area contributed by atoms with Crippen LogP contribution in [0.3, 0.4) is 0 Å².